The summed E-state index contributed by atoms with van der Waals surface area (Å²) in [6, 6.07) is 15.2. The Balaban J connectivity index is 1.92. The Morgan fingerprint density at radius 3 is 2.48 bits per heavy atom. The molecular formula is C19H20N4O2. The molecule has 0 bridgehead atoms. The lowest BCUT2D eigenvalue weighted by atomic mass is 10.1. The highest BCUT2D eigenvalue weighted by Gasteiger charge is 2.09. The fourth-order valence-electron chi connectivity index (χ4n) is 2.59. The maximum Gasteiger partial charge on any atom is 0.307 e. The zero-order valence-corrected chi connectivity index (χ0v) is 14.2. The molecule has 2 N–H and O–H groups in total. The van der Waals surface area contributed by atoms with Crippen LogP contribution in [0.5, 0.6) is 0 Å². The summed E-state index contributed by atoms with van der Waals surface area (Å²) >= 11 is 0. The summed E-state index contributed by atoms with van der Waals surface area (Å²) < 4.78 is 0. The number of rotatable bonds is 6. The Kier molecular flexibility index (Phi) is 4.90. The number of nitrogens with one attached hydrogen (secondary N) is 1. The van der Waals surface area contributed by atoms with Crippen molar-refractivity contribution in [2.24, 2.45) is 0 Å². The number of para-hydroxylation sites is 1. The molecule has 1 aromatic heterocycles. The molecule has 0 amide bonds. The van der Waals surface area contributed by atoms with Gasteiger partial charge in [-0.15, -0.1) is 0 Å². The van der Waals surface area contributed by atoms with Crippen molar-refractivity contribution in [1.82, 2.24) is 14.9 Å². The van der Waals surface area contributed by atoms with Crippen LogP contribution in [0.2, 0.25) is 0 Å². The average molecular weight is 336 g/mol. The van der Waals surface area contributed by atoms with Crippen molar-refractivity contribution in [2.45, 2.75) is 13.0 Å². The topological polar surface area (TPSA) is 78.4 Å². The number of nitrogens with zero attached hydrogens (tertiary/aromatic N) is 3. The predicted molar refractivity (Wildman–Crippen MR) is 98.0 cm³/mol. The van der Waals surface area contributed by atoms with Gasteiger partial charge < -0.3 is 15.3 Å². The summed E-state index contributed by atoms with van der Waals surface area (Å²) in [5.74, 6) is 0.651. The van der Waals surface area contributed by atoms with Crippen LogP contribution >= 0.6 is 0 Å². The Morgan fingerprint density at radius 1 is 1.08 bits per heavy atom. The van der Waals surface area contributed by atoms with E-state index >= 15 is 0 Å². The van der Waals surface area contributed by atoms with Gasteiger partial charge in [0, 0.05) is 11.1 Å². The third kappa shape index (κ3) is 4.30. The molecule has 3 rings (SSSR count). The molecule has 0 spiro atoms. The minimum Gasteiger partial charge on any atom is -0.481 e. The molecule has 0 radical (unpaired) electrons. The fraction of sp³-hybridized carbons (Fsp3) is 0.211. The van der Waals surface area contributed by atoms with Gasteiger partial charge >= 0.3 is 5.97 Å². The average Bonchev–Trinajstić information content (AvgIpc) is 2.55. The number of aromatic nitrogens is 2. The van der Waals surface area contributed by atoms with E-state index in [0.29, 0.717) is 6.54 Å². The van der Waals surface area contributed by atoms with Crippen LogP contribution in [-0.2, 0) is 17.8 Å². The summed E-state index contributed by atoms with van der Waals surface area (Å²) in [6.45, 7) is 0.650. The third-order valence-corrected chi connectivity index (χ3v) is 3.68. The molecule has 25 heavy (non-hydrogen) atoms. The Hall–Kier alpha value is -2.99. The minimum absolute atomic E-state index is 0.0176. The Labute approximate surface area is 146 Å². The second-order valence-electron chi connectivity index (χ2n) is 6.14. The van der Waals surface area contributed by atoms with Crippen molar-refractivity contribution in [3.05, 3.63) is 59.9 Å². The van der Waals surface area contributed by atoms with E-state index in [1.807, 2.05) is 55.4 Å². The van der Waals surface area contributed by atoms with Gasteiger partial charge in [-0.3, -0.25) is 4.79 Å². The highest BCUT2D eigenvalue weighted by Crippen LogP contribution is 2.24. The quantitative estimate of drug-likeness (QED) is 0.720. The molecule has 6 nitrogen and oxygen atoms in total. The minimum atomic E-state index is -0.837. The lowest BCUT2D eigenvalue weighted by Crippen LogP contribution is -2.14. The maximum absolute atomic E-state index is 10.8. The molecule has 3 aromatic rings. The number of hydrogen-bond acceptors (Lipinski definition) is 5. The van der Waals surface area contributed by atoms with Crippen molar-refractivity contribution >= 4 is 28.4 Å². The van der Waals surface area contributed by atoms with E-state index in [-0.39, 0.29) is 6.42 Å². The fourth-order valence-corrected chi connectivity index (χ4v) is 2.59. The summed E-state index contributed by atoms with van der Waals surface area (Å²) in [6.07, 6.45) is 0.0176. The van der Waals surface area contributed by atoms with Crippen molar-refractivity contribution in [1.29, 1.82) is 0 Å². The first-order valence-corrected chi connectivity index (χ1v) is 7.99. The van der Waals surface area contributed by atoms with Gasteiger partial charge in [-0.05, 0) is 43.9 Å². The van der Waals surface area contributed by atoms with Gasteiger partial charge in [0.1, 0.15) is 11.6 Å². The van der Waals surface area contributed by atoms with Crippen LogP contribution in [0.4, 0.5) is 11.5 Å². The first-order chi connectivity index (χ1) is 12.0. The van der Waals surface area contributed by atoms with Crippen LogP contribution in [0.25, 0.3) is 10.9 Å². The van der Waals surface area contributed by atoms with E-state index in [4.69, 9.17) is 5.11 Å². The van der Waals surface area contributed by atoms with Gasteiger partial charge in [-0.25, -0.2) is 9.97 Å². The third-order valence-electron chi connectivity index (χ3n) is 3.68. The van der Waals surface area contributed by atoms with Crippen molar-refractivity contribution in [3.8, 4) is 0 Å². The molecule has 0 aliphatic rings. The zero-order valence-electron chi connectivity index (χ0n) is 14.2. The molecule has 128 valence electrons. The second-order valence-corrected chi connectivity index (χ2v) is 6.14. The molecule has 6 heteroatoms. The first-order valence-electron chi connectivity index (χ1n) is 7.99. The van der Waals surface area contributed by atoms with Crippen LogP contribution in [0, 0.1) is 0 Å². The van der Waals surface area contributed by atoms with Gasteiger partial charge in [0.2, 0.25) is 0 Å². The molecule has 2 aromatic carbocycles. The molecule has 0 unspecified atom stereocenters. The SMILES string of the molecule is CN(C)Cc1nc(Nc2ccc(CC(=O)O)cc2)c2ccccc2n1. The number of carboxylic acid groups (broad SMARTS) is 1. The smallest absolute Gasteiger partial charge is 0.307 e. The number of hydrogen-bond donors (Lipinski definition) is 2. The molecule has 0 saturated heterocycles. The normalized spacial score (nSPS) is 11.0. The van der Waals surface area contributed by atoms with Gasteiger partial charge in [-0.1, -0.05) is 24.3 Å². The van der Waals surface area contributed by atoms with Gasteiger partial charge in [0.05, 0.1) is 18.5 Å². The molecule has 1 heterocycles. The van der Waals surface area contributed by atoms with Crippen LogP contribution in [0.1, 0.15) is 11.4 Å². The van der Waals surface area contributed by atoms with Gasteiger partial charge in [-0.2, -0.15) is 0 Å². The van der Waals surface area contributed by atoms with Crippen molar-refractivity contribution in [3.63, 3.8) is 0 Å². The van der Waals surface area contributed by atoms with Crippen LogP contribution in [0.15, 0.2) is 48.5 Å². The predicted octanol–water partition coefficient (Wildman–Crippen LogP) is 3.06. The second kappa shape index (κ2) is 7.27. The monoisotopic (exact) mass is 336 g/mol. The Bertz CT molecular complexity index is 892. The number of anilines is 2. The molecule has 0 fully saturated rings. The van der Waals surface area contributed by atoms with Crippen LogP contribution in [-0.4, -0.2) is 40.0 Å². The lowest BCUT2D eigenvalue weighted by Gasteiger charge is -2.13. The number of aliphatic carboxylic acids is 1. The highest BCUT2D eigenvalue weighted by molar-refractivity contribution is 5.90. The molecule has 0 aliphatic heterocycles. The summed E-state index contributed by atoms with van der Waals surface area (Å²) in [5, 5.41) is 13.1. The first kappa shape index (κ1) is 16.9. The van der Waals surface area contributed by atoms with Crippen LogP contribution < -0.4 is 5.32 Å². The van der Waals surface area contributed by atoms with E-state index in [1.54, 1.807) is 12.1 Å². The Morgan fingerprint density at radius 2 is 1.80 bits per heavy atom. The number of carbonyl (C=O) groups is 1. The number of carboxylic acids is 1. The number of benzene rings is 2. The van der Waals surface area contributed by atoms with Gasteiger partial charge in [0.15, 0.2) is 0 Å². The van der Waals surface area contributed by atoms with E-state index in [9.17, 15) is 4.79 Å². The van der Waals surface area contributed by atoms with E-state index in [2.05, 4.69) is 15.3 Å². The molecule has 0 saturated carbocycles. The largest absolute Gasteiger partial charge is 0.481 e. The van der Waals surface area contributed by atoms with Crippen LogP contribution in [0.3, 0.4) is 0 Å². The maximum atomic E-state index is 10.8. The highest BCUT2D eigenvalue weighted by atomic mass is 16.4. The molecule has 0 aliphatic carbocycles. The lowest BCUT2D eigenvalue weighted by molar-refractivity contribution is -0.136. The summed E-state index contributed by atoms with van der Waals surface area (Å²) in [5.41, 5.74) is 2.51. The summed E-state index contributed by atoms with van der Waals surface area (Å²) in [4.78, 5) is 22.1. The van der Waals surface area contributed by atoms with E-state index in [1.165, 1.54) is 0 Å². The van der Waals surface area contributed by atoms with Crippen molar-refractivity contribution < 1.29 is 9.90 Å². The zero-order chi connectivity index (χ0) is 17.8. The van der Waals surface area contributed by atoms with Gasteiger partial charge in [0.25, 0.3) is 0 Å². The molecular weight excluding hydrogens is 316 g/mol. The molecule has 0 atom stereocenters. The van der Waals surface area contributed by atoms with E-state index in [0.717, 1.165) is 33.8 Å². The number of fused-ring (bicyclic) bond motifs is 1. The summed E-state index contributed by atoms with van der Waals surface area (Å²) in [7, 11) is 3.96. The van der Waals surface area contributed by atoms with Crippen molar-refractivity contribution in [2.75, 3.05) is 19.4 Å². The standard InChI is InChI=1S/C19H20N4O2/c1-23(2)12-17-21-16-6-4-3-5-15(16)19(22-17)20-14-9-7-13(8-10-14)11-18(24)25/h3-10H,11-12H2,1-2H3,(H,24,25)(H,20,21,22). The van der Waals surface area contributed by atoms with E-state index < -0.39 is 5.97 Å².